The first-order valence-corrected chi connectivity index (χ1v) is 10.0. The number of benzene rings is 1. The molecule has 1 aromatic carbocycles. The smallest absolute Gasteiger partial charge is 0.343 e. The average Bonchev–Trinajstić information content (AvgIpc) is 3.36. The van der Waals surface area contributed by atoms with Gasteiger partial charge in [-0.05, 0) is 30.7 Å². The van der Waals surface area contributed by atoms with Gasteiger partial charge < -0.3 is 15.1 Å². The summed E-state index contributed by atoms with van der Waals surface area (Å²) in [6, 6.07) is 10.3. The second-order valence-corrected chi connectivity index (χ2v) is 7.05. The van der Waals surface area contributed by atoms with Gasteiger partial charge in [0.1, 0.15) is 5.76 Å². The zero-order valence-corrected chi connectivity index (χ0v) is 16.6. The minimum absolute atomic E-state index is 0.0519. The first kappa shape index (κ1) is 20.5. The highest BCUT2D eigenvalue weighted by Gasteiger charge is 2.15. The molecule has 3 aromatic rings. The van der Waals surface area contributed by atoms with E-state index in [4.69, 9.17) is 4.42 Å². The maximum absolute atomic E-state index is 12.5. The number of aromatic nitrogens is 3. The highest BCUT2D eigenvalue weighted by atomic mass is 32.2. The predicted molar refractivity (Wildman–Crippen MR) is 109 cm³/mol. The molecule has 0 unspecified atom stereocenters. The van der Waals surface area contributed by atoms with Gasteiger partial charge >= 0.3 is 5.69 Å². The molecular weight excluding hydrogens is 394 g/mol. The molecule has 0 atom stereocenters. The number of rotatable bonds is 9. The Morgan fingerprint density at radius 3 is 2.83 bits per heavy atom. The molecule has 0 saturated heterocycles. The van der Waals surface area contributed by atoms with Gasteiger partial charge in [0, 0.05) is 6.54 Å². The van der Waals surface area contributed by atoms with Crippen molar-refractivity contribution in [2.24, 2.45) is 0 Å². The maximum atomic E-state index is 12.5. The van der Waals surface area contributed by atoms with Gasteiger partial charge in [-0.15, -0.1) is 5.10 Å². The monoisotopic (exact) mass is 415 g/mol. The lowest BCUT2D eigenvalue weighted by atomic mass is 10.1. The Balaban J connectivity index is 1.60. The lowest BCUT2D eigenvalue weighted by molar-refractivity contribution is -0.113. The molecule has 0 aliphatic rings. The number of anilines is 1. The van der Waals surface area contributed by atoms with E-state index in [0.29, 0.717) is 28.7 Å². The number of H-pyrrole nitrogens is 1. The number of hydrogen-bond donors (Lipinski definition) is 3. The third-order valence-corrected chi connectivity index (χ3v) is 4.93. The van der Waals surface area contributed by atoms with E-state index in [9.17, 15) is 14.4 Å². The third-order valence-electron chi connectivity index (χ3n) is 3.95. The van der Waals surface area contributed by atoms with Crippen LogP contribution in [0.1, 0.15) is 29.5 Å². The molecule has 10 heteroatoms. The molecule has 0 saturated carbocycles. The fourth-order valence-corrected chi connectivity index (χ4v) is 3.39. The van der Waals surface area contributed by atoms with Crippen molar-refractivity contribution >= 4 is 29.3 Å². The molecule has 0 radical (unpaired) electrons. The fourth-order valence-electron chi connectivity index (χ4n) is 2.62. The summed E-state index contributed by atoms with van der Waals surface area (Å²) in [5.74, 6) is 0.0540. The molecule has 29 heavy (non-hydrogen) atoms. The van der Waals surface area contributed by atoms with Gasteiger partial charge in [0.2, 0.25) is 5.91 Å². The van der Waals surface area contributed by atoms with Gasteiger partial charge in [0.15, 0.2) is 5.16 Å². The Kier molecular flexibility index (Phi) is 6.90. The van der Waals surface area contributed by atoms with Gasteiger partial charge in [-0.2, -0.15) is 0 Å². The quantitative estimate of drug-likeness (QED) is 0.461. The summed E-state index contributed by atoms with van der Waals surface area (Å²) >= 11 is 1.15. The Labute approximate surface area is 170 Å². The molecule has 0 aliphatic heterocycles. The average molecular weight is 415 g/mol. The molecule has 0 fully saturated rings. The minimum atomic E-state index is -0.325. The summed E-state index contributed by atoms with van der Waals surface area (Å²) in [4.78, 5) is 36.6. The normalized spacial score (nSPS) is 10.7. The molecular formula is C19H21N5O4S. The number of thioether (sulfide) groups is 1. The first-order valence-electron chi connectivity index (χ1n) is 9.06. The summed E-state index contributed by atoms with van der Waals surface area (Å²) in [6.07, 6.45) is 2.31. The van der Waals surface area contributed by atoms with E-state index in [0.717, 1.165) is 18.2 Å². The molecule has 9 nitrogen and oxygen atoms in total. The molecule has 3 rings (SSSR count). The van der Waals surface area contributed by atoms with E-state index < -0.39 is 0 Å². The van der Waals surface area contributed by atoms with Crippen LogP contribution in [0, 0.1) is 0 Å². The molecule has 2 aromatic heterocycles. The van der Waals surface area contributed by atoms with Crippen LogP contribution in [0.3, 0.4) is 0 Å². The van der Waals surface area contributed by atoms with Crippen LogP contribution < -0.4 is 16.3 Å². The van der Waals surface area contributed by atoms with Crippen molar-refractivity contribution in [2.75, 3.05) is 11.1 Å². The highest BCUT2D eigenvalue weighted by Crippen LogP contribution is 2.18. The van der Waals surface area contributed by atoms with Crippen LogP contribution in [0.15, 0.2) is 57.0 Å². The van der Waals surface area contributed by atoms with Gasteiger partial charge in [-0.25, -0.2) is 9.89 Å². The van der Waals surface area contributed by atoms with E-state index >= 15 is 0 Å². The Bertz CT molecular complexity index is 1030. The summed E-state index contributed by atoms with van der Waals surface area (Å²) < 4.78 is 6.69. The number of nitrogens with one attached hydrogen (secondary N) is 3. The second-order valence-electron chi connectivity index (χ2n) is 6.11. The molecule has 3 N–H and O–H groups in total. The maximum Gasteiger partial charge on any atom is 0.343 e. The summed E-state index contributed by atoms with van der Waals surface area (Å²) in [6.45, 7) is 2.73. The topological polar surface area (TPSA) is 122 Å². The molecule has 0 aliphatic carbocycles. The van der Waals surface area contributed by atoms with E-state index in [1.807, 2.05) is 6.92 Å². The number of carbonyl (C=O) groups is 2. The van der Waals surface area contributed by atoms with Crippen LogP contribution >= 0.6 is 11.8 Å². The standard InChI is InChI=1S/C19H21N5O4S/c1-2-9-24-18(27)22-23-19(24)29-12-16(25)21-15-8-4-3-7-14(15)17(26)20-11-13-6-5-10-28-13/h3-8,10H,2,9,11-12H2,1H3,(H,20,26)(H,21,25)(H,22,27). The number of para-hydroxylation sites is 1. The molecule has 152 valence electrons. The van der Waals surface area contributed by atoms with Crippen molar-refractivity contribution in [1.29, 1.82) is 0 Å². The van der Waals surface area contributed by atoms with Crippen molar-refractivity contribution in [3.05, 3.63) is 64.5 Å². The molecule has 0 bridgehead atoms. The van der Waals surface area contributed by atoms with Crippen LogP contribution in [-0.4, -0.2) is 32.3 Å². The Hall–Kier alpha value is -3.27. The van der Waals surface area contributed by atoms with E-state index in [1.54, 1.807) is 36.4 Å². The van der Waals surface area contributed by atoms with E-state index in [-0.39, 0.29) is 29.8 Å². The Morgan fingerprint density at radius 2 is 2.07 bits per heavy atom. The summed E-state index contributed by atoms with van der Waals surface area (Å²) in [5.41, 5.74) is 0.455. The third kappa shape index (κ3) is 5.38. The largest absolute Gasteiger partial charge is 0.467 e. The van der Waals surface area contributed by atoms with Crippen molar-refractivity contribution in [3.63, 3.8) is 0 Å². The van der Waals surface area contributed by atoms with Gasteiger partial charge in [-0.1, -0.05) is 30.8 Å². The van der Waals surface area contributed by atoms with Crippen molar-refractivity contribution in [3.8, 4) is 0 Å². The summed E-state index contributed by atoms with van der Waals surface area (Å²) in [5, 5.41) is 12.3. The number of nitrogens with zero attached hydrogens (tertiary/aromatic N) is 2. The number of furan rings is 1. The zero-order valence-electron chi connectivity index (χ0n) is 15.8. The lowest BCUT2D eigenvalue weighted by Crippen LogP contribution is -2.25. The van der Waals surface area contributed by atoms with Crippen LogP contribution in [0.2, 0.25) is 0 Å². The van der Waals surface area contributed by atoms with Crippen molar-refractivity contribution in [2.45, 2.75) is 31.6 Å². The van der Waals surface area contributed by atoms with Crippen LogP contribution in [-0.2, 0) is 17.9 Å². The molecule has 2 heterocycles. The molecule has 0 spiro atoms. The van der Waals surface area contributed by atoms with Crippen molar-refractivity contribution in [1.82, 2.24) is 20.1 Å². The number of amides is 2. The second kappa shape index (κ2) is 9.78. The minimum Gasteiger partial charge on any atom is -0.467 e. The van der Waals surface area contributed by atoms with E-state index in [2.05, 4.69) is 20.8 Å². The Morgan fingerprint density at radius 1 is 1.24 bits per heavy atom. The van der Waals surface area contributed by atoms with Crippen LogP contribution in [0.25, 0.3) is 0 Å². The van der Waals surface area contributed by atoms with Crippen LogP contribution in [0.4, 0.5) is 5.69 Å². The highest BCUT2D eigenvalue weighted by molar-refractivity contribution is 7.99. The predicted octanol–water partition coefficient (Wildman–Crippen LogP) is 2.24. The zero-order chi connectivity index (χ0) is 20.6. The van der Waals surface area contributed by atoms with Gasteiger partial charge in [0.05, 0.1) is 29.8 Å². The van der Waals surface area contributed by atoms with Gasteiger partial charge in [0.25, 0.3) is 5.91 Å². The lowest BCUT2D eigenvalue weighted by Gasteiger charge is -2.11. The number of hydrogen-bond acceptors (Lipinski definition) is 6. The molecule has 2 amide bonds. The van der Waals surface area contributed by atoms with E-state index in [1.165, 1.54) is 10.8 Å². The van der Waals surface area contributed by atoms with Crippen LogP contribution in [0.5, 0.6) is 0 Å². The first-order chi connectivity index (χ1) is 14.1. The summed E-state index contributed by atoms with van der Waals surface area (Å²) in [7, 11) is 0. The number of aromatic amines is 1. The fraction of sp³-hybridized carbons (Fsp3) is 0.263. The van der Waals surface area contributed by atoms with Gasteiger partial charge in [-0.3, -0.25) is 14.2 Å². The SMILES string of the molecule is CCCn1c(SCC(=O)Nc2ccccc2C(=O)NCc2ccco2)n[nH]c1=O. The number of carbonyl (C=O) groups excluding carboxylic acids is 2. The van der Waals surface area contributed by atoms with Crippen molar-refractivity contribution < 1.29 is 14.0 Å².